The summed E-state index contributed by atoms with van der Waals surface area (Å²) in [6.45, 7) is 2.84. The second-order valence-corrected chi connectivity index (χ2v) is 5.79. The Labute approximate surface area is 135 Å². The van der Waals surface area contributed by atoms with Crippen LogP contribution in [0.3, 0.4) is 0 Å². The van der Waals surface area contributed by atoms with Crippen molar-refractivity contribution in [1.29, 1.82) is 0 Å². The van der Waals surface area contributed by atoms with Gasteiger partial charge in [0.05, 0.1) is 0 Å². The first-order valence-corrected chi connectivity index (χ1v) is 7.72. The molecule has 0 aliphatic carbocycles. The molecule has 6 heteroatoms. The molecule has 1 amide bonds. The summed E-state index contributed by atoms with van der Waals surface area (Å²) in [4.78, 5) is 22.6. The van der Waals surface area contributed by atoms with Crippen molar-refractivity contribution in [2.24, 2.45) is 5.92 Å². The van der Waals surface area contributed by atoms with Gasteiger partial charge in [-0.15, -0.1) is 0 Å². The average Bonchev–Trinajstić information content (AvgIpc) is 2.99. The zero-order valence-electron chi connectivity index (χ0n) is 13.1. The molecular formula is C17H20N4O2. The molecular weight excluding hydrogens is 292 g/mol. The van der Waals surface area contributed by atoms with Gasteiger partial charge in [0, 0.05) is 31.0 Å². The van der Waals surface area contributed by atoms with Crippen molar-refractivity contribution in [2.45, 2.75) is 6.42 Å². The minimum Gasteiger partial charge on any atom is -0.424 e. The molecule has 1 aromatic carbocycles. The highest BCUT2D eigenvalue weighted by Crippen LogP contribution is 2.19. The summed E-state index contributed by atoms with van der Waals surface area (Å²) in [5, 5.41) is 3.00. The second kappa shape index (κ2) is 7.19. The van der Waals surface area contributed by atoms with Gasteiger partial charge in [-0.05, 0) is 50.2 Å². The van der Waals surface area contributed by atoms with Gasteiger partial charge in [-0.25, -0.2) is 9.97 Å². The fraction of sp³-hybridized carbons (Fsp3) is 0.353. The molecule has 1 N–H and O–H groups in total. The second-order valence-electron chi connectivity index (χ2n) is 5.79. The van der Waals surface area contributed by atoms with Crippen LogP contribution in [0.1, 0.15) is 16.8 Å². The Morgan fingerprint density at radius 1 is 1.35 bits per heavy atom. The van der Waals surface area contributed by atoms with E-state index in [-0.39, 0.29) is 11.9 Å². The third kappa shape index (κ3) is 4.26. The first-order chi connectivity index (χ1) is 11.2. The molecule has 1 aromatic heterocycles. The fourth-order valence-corrected chi connectivity index (χ4v) is 2.68. The van der Waals surface area contributed by atoms with Crippen molar-refractivity contribution in [3.05, 3.63) is 48.3 Å². The highest BCUT2D eigenvalue weighted by molar-refractivity contribution is 5.94. The lowest BCUT2D eigenvalue weighted by Crippen LogP contribution is -2.30. The van der Waals surface area contributed by atoms with Crippen LogP contribution in [0.4, 0.5) is 0 Å². The Balaban J connectivity index is 1.59. The lowest BCUT2D eigenvalue weighted by atomic mass is 10.1. The van der Waals surface area contributed by atoms with Crippen molar-refractivity contribution in [1.82, 2.24) is 20.2 Å². The topological polar surface area (TPSA) is 67.4 Å². The van der Waals surface area contributed by atoms with Crippen LogP contribution in [0.5, 0.6) is 11.8 Å². The number of nitrogens with one attached hydrogen (secondary N) is 1. The maximum atomic E-state index is 12.3. The van der Waals surface area contributed by atoms with Crippen molar-refractivity contribution >= 4 is 5.91 Å². The van der Waals surface area contributed by atoms with E-state index in [4.69, 9.17) is 4.74 Å². The Kier molecular flexibility index (Phi) is 4.83. The highest BCUT2D eigenvalue weighted by atomic mass is 16.5. The summed E-state index contributed by atoms with van der Waals surface area (Å²) < 4.78 is 5.55. The number of ether oxygens (including phenoxy) is 1. The van der Waals surface area contributed by atoms with Crippen molar-refractivity contribution in [3.63, 3.8) is 0 Å². The van der Waals surface area contributed by atoms with Gasteiger partial charge >= 0.3 is 6.01 Å². The van der Waals surface area contributed by atoms with Crippen LogP contribution in [0.15, 0.2) is 42.7 Å². The van der Waals surface area contributed by atoms with Gasteiger partial charge in [0.1, 0.15) is 5.75 Å². The van der Waals surface area contributed by atoms with Crippen molar-refractivity contribution in [3.8, 4) is 11.8 Å². The Morgan fingerprint density at radius 3 is 2.91 bits per heavy atom. The molecule has 2 heterocycles. The number of benzene rings is 1. The molecule has 0 unspecified atom stereocenters. The molecule has 0 spiro atoms. The van der Waals surface area contributed by atoms with E-state index in [1.807, 2.05) is 0 Å². The predicted molar refractivity (Wildman–Crippen MR) is 86.5 cm³/mol. The van der Waals surface area contributed by atoms with Crippen LogP contribution in [0.25, 0.3) is 0 Å². The normalized spacial score (nSPS) is 17.9. The maximum absolute atomic E-state index is 12.3. The van der Waals surface area contributed by atoms with Crippen LogP contribution in [0.2, 0.25) is 0 Å². The number of hydrogen-bond donors (Lipinski definition) is 1. The zero-order chi connectivity index (χ0) is 16.1. The summed E-state index contributed by atoms with van der Waals surface area (Å²) in [5.41, 5.74) is 0.574. The maximum Gasteiger partial charge on any atom is 0.321 e. The number of amides is 1. The van der Waals surface area contributed by atoms with Crippen LogP contribution < -0.4 is 10.1 Å². The van der Waals surface area contributed by atoms with Crippen LogP contribution in [-0.4, -0.2) is 47.5 Å². The third-order valence-electron chi connectivity index (χ3n) is 3.89. The first-order valence-electron chi connectivity index (χ1n) is 7.72. The SMILES string of the molecule is CN1CC[C@@H](CNC(=O)c2cccc(Oc3ncccn3)c2)C1. The van der Waals surface area contributed by atoms with E-state index in [1.165, 1.54) is 0 Å². The number of nitrogens with zero attached hydrogens (tertiary/aromatic N) is 3. The minimum atomic E-state index is -0.0843. The predicted octanol–water partition coefficient (Wildman–Crippen LogP) is 1.95. The van der Waals surface area contributed by atoms with Crippen molar-refractivity contribution in [2.75, 3.05) is 26.7 Å². The standard InChI is InChI=1S/C17H20N4O2/c1-21-9-6-13(12-21)11-20-16(22)14-4-2-5-15(10-14)23-17-18-7-3-8-19-17/h2-5,7-8,10,13H,6,9,11-12H2,1H3,(H,20,22)/t13-/m0/s1. The van der Waals surface area contributed by atoms with E-state index in [1.54, 1.807) is 42.7 Å². The van der Waals surface area contributed by atoms with Crippen LogP contribution >= 0.6 is 0 Å². The van der Waals surface area contributed by atoms with E-state index in [0.29, 0.717) is 23.8 Å². The smallest absolute Gasteiger partial charge is 0.321 e. The molecule has 1 saturated heterocycles. The average molecular weight is 312 g/mol. The lowest BCUT2D eigenvalue weighted by Gasteiger charge is -2.12. The molecule has 0 radical (unpaired) electrons. The largest absolute Gasteiger partial charge is 0.424 e. The van der Waals surface area contributed by atoms with Gasteiger partial charge in [-0.1, -0.05) is 6.07 Å². The number of likely N-dealkylation sites (tertiary alicyclic amines) is 1. The van der Waals surface area contributed by atoms with Gasteiger partial charge in [-0.3, -0.25) is 4.79 Å². The fourth-order valence-electron chi connectivity index (χ4n) is 2.68. The van der Waals surface area contributed by atoms with E-state index in [2.05, 4.69) is 27.2 Å². The van der Waals surface area contributed by atoms with E-state index >= 15 is 0 Å². The first kappa shape index (κ1) is 15.4. The van der Waals surface area contributed by atoms with Gasteiger partial charge in [0.2, 0.25) is 0 Å². The number of hydrogen-bond acceptors (Lipinski definition) is 5. The molecule has 1 fully saturated rings. The summed E-state index contributed by atoms with van der Waals surface area (Å²) in [6, 6.07) is 9.02. The van der Waals surface area contributed by atoms with Gasteiger partial charge in [0.15, 0.2) is 0 Å². The van der Waals surface area contributed by atoms with Gasteiger partial charge < -0.3 is 15.0 Å². The van der Waals surface area contributed by atoms with Gasteiger partial charge in [-0.2, -0.15) is 0 Å². The summed E-state index contributed by atoms with van der Waals surface area (Å²) in [5.74, 6) is 0.990. The Morgan fingerprint density at radius 2 is 2.17 bits per heavy atom. The molecule has 1 atom stereocenters. The lowest BCUT2D eigenvalue weighted by molar-refractivity contribution is 0.0947. The van der Waals surface area contributed by atoms with E-state index in [9.17, 15) is 4.79 Å². The summed E-state index contributed by atoms with van der Waals surface area (Å²) in [6.07, 6.45) is 4.35. The number of carbonyl (C=O) groups is 1. The molecule has 2 aromatic rings. The monoisotopic (exact) mass is 312 g/mol. The molecule has 3 rings (SSSR count). The molecule has 1 aliphatic heterocycles. The molecule has 6 nitrogen and oxygen atoms in total. The summed E-state index contributed by atoms with van der Waals surface area (Å²) in [7, 11) is 2.11. The minimum absolute atomic E-state index is 0.0843. The summed E-state index contributed by atoms with van der Waals surface area (Å²) >= 11 is 0. The zero-order valence-corrected chi connectivity index (χ0v) is 13.1. The van der Waals surface area contributed by atoms with E-state index in [0.717, 1.165) is 19.5 Å². The number of carbonyl (C=O) groups excluding carboxylic acids is 1. The quantitative estimate of drug-likeness (QED) is 0.914. The number of rotatable bonds is 5. The van der Waals surface area contributed by atoms with Gasteiger partial charge in [0.25, 0.3) is 5.91 Å². The molecule has 1 aliphatic rings. The molecule has 0 saturated carbocycles. The Hall–Kier alpha value is -2.47. The van der Waals surface area contributed by atoms with Crippen LogP contribution in [-0.2, 0) is 0 Å². The third-order valence-corrected chi connectivity index (χ3v) is 3.89. The molecule has 120 valence electrons. The molecule has 23 heavy (non-hydrogen) atoms. The van der Waals surface area contributed by atoms with Crippen LogP contribution in [0, 0.1) is 5.92 Å². The molecule has 0 bridgehead atoms. The van der Waals surface area contributed by atoms with E-state index < -0.39 is 0 Å². The highest BCUT2D eigenvalue weighted by Gasteiger charge is 2.20. The van der Waals surface area contributed by atoms with Crippen molar-refractivity contribution < 1.29 is 9.53 Å². The Bertz CT molecular complexity index is 663. The number of aromatic nitrogens is 2.